The molecule has 0 unspecified atom stereocenters. The van der Waals surface area contributed by atoms with Crippen LogP contribution in [-0.4, -0.2) is 5.71 Å². The molecule has 1 heteroatoms. The Labute approximate surface area is 86.9 Å². The molecule has 0 amide bonds. The lowest BCUT2D eigenvalue weighted by atomic mass is 10.1. The van der Waals surface area contributed by atoms with Gasteiger partial charge in [-0.3, -0.25) is 4.99 Å². The molecule has 0 saturated heterocycles. The Hall–Kier alpha value is -1.11. The average Bonchev–Trinajstić information content (AvgIpc) is 2.20. The molecule has 0 aromatic heterocycles. The molecule has 0 heterocycles. The largest absolute Gasteiger partial charge is 0.258 e. The first-order chi connectivity index (χ1) is 6.69. The van der Waals surface area contributed by atoms with Crippen LogP contribution in [0.15, 0.2) is 23.2 Å². The predicted octanol–water partition coefficient (Wildman–Crippen LogP) is 4.06. The monoisotopic (exact) mass is 189 g/mol. The Kier molecular flexibility index (Phi) is 3.87. The molecular formula is C13H19N. The van der Waals surface area contributed by atoms with Crippen LogP contribution in [0.4, 0.5) is 5.69 Å². The Balaban J connectivity index is 3.17. The standard InChI is InChI=1S/C13H19N/c1-5-11(4)14-13-10(3)8-7-9-12(13)6-2/h7-9H,5-6H2,1-4H3/b14-11+. The summed E-state index contributed by atoms with van der Waals surface area (Å²) in [6.07, 6.45) is 2.08. The van der Waals surface area contributed by atoms with E-state index in [9.17, 15) is 0 Å². The summed E-state index contributed by atoms with van der Waals surface area (Å²) in [5.41, 5.74) is 5.00. The van der Waals surface area contributed by atoms with E-state index in [0.29, 0.717) is 0 Å². The van der Waals surface area contributed by atoms with Crippen molar-refractivity contribution in [3.8, 4) is 0 Å². The second-order valence-corrected chi connectivity index (χ2v) is 3.64. The fourth-order valence-corrected chi connectivity index (χ4v) is 1.43. The highest BCUT2D eigenvalue weighted by Gasteiger charge is 2.02. The minimum absolute atomic E-state index is 1.03. The highest BCUT2D eigenvalue weighted by Crippen LogP contribution is 2.24. The van der Waals surface area contributed by atoms with Crippen molar-refractivity contribution >= 4 is 11.4 Å². The van der Waals surface area contributed by atoms with Gasteiger partial charge in [0.1, 0.15) is 0 Å². The molecule has 0 aliphatic heterocycles. The number of aliphatic imine (C=N–C) groups is 1. The molecule has 0 N–H and O–H groups in total. The molecule has 1 rings (SSSR count). The third-order valence-corrected chi connectivity index (χ3v) is 2.52. The third kappa shape index (κ3) is 2.44. The minimum atomic E-state index is 1.03. The summed E-state index contributed by atoms with van der Waals surface area (Å²) in [5, 5.41) is 0. The maximum atomic E-state index is 4.66. The van der Waals surface area contributed by atoms with Gasteiger partial charge in [0.25, 0.3) is 0 Å². The van der Waals surface area contributed by atoms with E-state index in [0.717, 1.165) is 12.8 Å². The van der Waals surface area contributed by atoms with Gasteiger partial charge in [-0.25, -0.2) is 0 Å². The molecule has 1 nitrogen and oxygen atoms in total. The number of aryl methyl sites for hydroxylation is 2. The fraction of sp³-hybridized carbons (Fsp3) is 0.462. The van der Waals surface area contributed by atoms with Gasteiger partial charge in [0.15, 0.2) is 0 Å². The molecule has 0 aliphatic rings. The zero-order valence-electron chi connectivity index (χ0n) is 9.59. The summed E-state index contributed by atoms with van der Waals surface area (Å²) < 4.78 is 0. The second kappa shape index (κ2) is 4.94. The zero-order chi connectivity index (χ0) is 10.6. The first-order valence-corrected chi connectivity index (χ1v) is 5.31. The molecule has 14 heavy (non-hydrogen) atoms. The first-order valence-electron chi connectivity index (χ1n) is 5.31. The van der Waals surface area contributed by atoms with Gasteiger partial charge in [0.05, 0.1) is 5.69 Å². The minimum Gasteiger partial charge on any atom is -0.258 e. The Morgan fingerprint density at radius 2 is 2.00 bits per heavy atom. The van der Waals surface area contributed by atoms with Crippen LogP contribution < -0.4 is 0 Å². The highest BCUT2D eigenvalue weighted by molar-refractivity contribution is 5.85. The number of nitrogens with zero attached hydrogens (tertiary/aromatic N) is 1. The second-order valence-electron chi connectivity index (χ2n) is 3.64. The van der Waals surface area contributed by atoms with Crippen molar-refractivity contribution in [2.75, 3.05) is 0 Å². The molecule has 1 aromatic rings. The van der Waals surface area contributed by atoms with Crippen molar-refractivity contribution in [2.24, 2.45) is 4.99 Å². The number of hydrogen-bond donors (Lipinski definition) is 0. The van der Waals surface area contributed by atoms with Gasteiger partial charge in [-0.2, -0.15) is 0 Å². The molecule has 0 radical (unpaired) electrons. The van der Waals surface area contributed by atoms with E-state index in [-0.39, 0.29) is 0 Å². The van der Waals surface area contributed by atoms with Crippen LogP contribution in [0.5, 0.6) is 0 Å². The molecule has 0 bridgehead atoms. The lowest BCUT2D eigenvalue weighted by molar-refractivity contribution is 1.12. The Morgan fingerprint density at radius 3 is 2.57 bits per heavy atom. The molecule has 0 spiro atoms. The van der Waals surface area contributed by atoms with E-state index in [1.54, 1.807) is 0 Å². The summed E-state index contributed by atoms with van der Waals surface area (Å²) in [7, 11) is 0. The molecule has 0 fully saturated rings. The van der Waals surface area contributed by atoms with E-state index >= 15 is 0 Å². The van der Waals surface area contributed by atoms with Gasteiger partial charge in [-0.05, 0) is 37.8 Å². The van der Waals surface area contributed by atoms with Gasteiger partial charge in [0, 0.05) is 5.71 Å². The fourth-order valence-electron chi connectivity index (χ4n) is 1.43. The van der Waals surface area contributed by atoms with Crippen LogP contribution in [0.2, 0.25) is 0 Å². The molecule has 0 atom stereocenters. The van der Waals surface area contributed by atoms with Crippen molar-refractivity contribution < 1.29 is 0 Å². The summed E-state index contributed by atoms with van der Waals surface area (Å²) in [6.45, 7) is 8.53. The van der Waals surface area contributed by atoms with E-state index in [1.807, 2.05) is 0 Å². The number of benzene rings is 1. The maximum absolute atomic E-state index is 4.66. The topological polar surface area (TPSA) is 12.4 Å². The summed E-state index contributed by atoms with van der Waals surface area (Å²) in [6, 6.07) is 6.39. The van der Waals surface area contributed by atoms with Crippen LogP contribution in [0, 0.1) is 6.92 Å². The van der Waals surface area contributed by atoms with Crippen LogP contribution >= 0.6 is 0 Å². The number of para-hydroxylation sites is 1. The van der Waals surface area contributed by atoms with Crippen LogP contribution in [0.1, 0.15) is 38.3 Å². The van der Waals surface area contributed by atoms with Gasteiger partial charge in [0.2, 0.25) is 0 Å². The summed E-state index contributed by atoms with van der Waals surface area (Å²) >= 11 is 0. The van der Waals surface area contributed by atoms with Gasteiger partial charge < -0.3 is 0 Å². The zero-order valence-corrected chi connectivity index (χ0v) is 9.59. The predicted molar refractivity (Wildman–Crippen MR) is 63.6 cm³/mol. The van der Waals surface area contributed by atoms with Crippen molar-refractivity contribution in [3.63, 3.8) is 0 Å². The normalized spacial score (nSPS) is 11.9. The average molecular weight is 189 g/mol. The van der Waals surface area contributed by atoms with E-state index in [4.69, 9.17) is 0 Å². The van der Waals surface area contributed by atoms with Gasteiger partial charge >= 0.3 is 0 Å². The highest BCUT2D eigenvalue weighted by atomic mass is 14.7. The van der Waals surface area contributed by atoms with Crippen LogP contribution in [-0.2, 0) is 6.42 Å². The Morgan fingerprint density at radius 1 is 1.29 bits per heavy atom. The third-order valence-electron chi connectivity index (χ3n) is 2.52. The smallest absolute Gasteiger partial charge is 0.0689 e. The summed E-state index contributed by atoms with van der Waals surface area (Å²) in [5.74, 6) is 0. The van der Waals surface area contributed by atoms with E-state index in [2.05, 4.69) is 50.9 Å². The van der Waals surface area contributed by atoms with Crippen LogP contribution in [0.25, 0.3) is 0 Å². The van der Waals surface area contributed by atoms with Crippen molar-refractivity contribution in [1.29, 1.82) is 0 Å². The molecule has 1 aromatic carbocycles. The summed E-state index contributed by atoms with van der Waals surface area (Å²) in [4.78, 5) is 4.66. The quantitative estimate of drug-likeness (QED) is 0.636. The molecule has 0 aliphatic carbocycles. The van der Waals surface area contributed by atoms with E-state index < -0.39 is 0 Å². The molecular weight excluding hydrogens is 170 g/mol. The lowest BCUT2D eigenvalue weighted by Crippen LogP contribution is -1.90. The van der Waals surface area contributed by atoms with Crippen LogP contribution in [0.3, 0.4) is 0 Å². The maximum Gasteiger partial charge on any atom is 0.0689 e. The van der Waals surface area contributed by atoms with Crippen molar-refractivity contribution in [2.45, 2.75) is 40.5 Å². The molecule has 76 valence electrons. The Bertz CT molecular complexity index is 337. The van der Waals surface area contributed by atoms with Crippen molar-refractivity contribution in [1.82, 2.24) is 0 Å². The number of hydrogen-bond acceptors (Lipinski definition) is 1. The first kappa shape index (κ1) is 11.0. The van der Waals surface area contributed by atoms with Gasteiger partial charge in [-0.15, -0.1) is 0 Å². The van der Waals surface area contributed by atoms with E-state index in [1.165, 1.54) is 22.5 Å². The SMILES string of the molecule is CC/C(C)=N/c1c(C)cccc1CC. The van der Waals surface area contributed by atoms with Crippen molar-refractivity contribution in [3.05, 3.63) is 29.3 Å². The lowest BCUT2D eigenvalue weighted by Gasteiger charge is -2.07. The van der Waals surface area contributed by atoms with Gasteiger partial charge in [-0.1, -0.05) is 32.0 Å². The number of rotatable bonds is 3. The molecule has 0 saturated carbocycles.